The number of amides is 1. The van der Waals surface area contributed by atoms with E-state index in [-0.39, 0.29) is 17.5 Å². The van der Waals surface area contributed by atoms with Gasteiger partial charge < -0.3 is 14.7 Å². The van der Waals surface area contributed by atoms with Gasteiger partial charge in [0.15, 0.2) is 0 Å². The number of hydrogen-bond donors (Lipinski definition) is 1. The maximum absolute atomic E-state index is 13.5. The normalized spacial score (nSPS) is 22.1. The standard InChI is InChI=1S/C21H21NO4S/c23-20(22-10-12-27-19-13-26-11-9-18(19)22)16-7-3-1-5-14(16)15-6-2-4-8-17(15)21(24)25/h1-8,18-19H,9-13H2,(H,24,25). The molecular weight excluding hydrogens is 362 g/mol. The van der Waals surface area contributed by atoms with Crippen LogP contribution in [-0.4, -0.2) is 58.7 Å². The van der Waals surface area contributed by atoms with Crippen LogP contribution in [0.4, 0.5) is 0 Å². The quantitative estimate of drug-likeness (QED) is 0.880. The first-order chi connectivity index (χ1) is 13.2. The maximum Gasteiger partial charge on any atom is 0.336 e. The van der Waals surface area contributed by atoms with Gasteiger partial charge in [-0.15, -0.1) is 0 Å². The third-order valence-electron chi connectivity index (χ3n) is 5.20. The van der Waals surface area contributed by atoms with E-state index in [1.54, 1.807) is 30.3 Å². The summed E-state index contributed by atoms with van der Waals surface area (Å²) in [7, 11) is 0. The molecule has 0 aromatic heterocycles. The van der Waals surface area contributed by atoms with Crippen molar-refractivity contribution in [3.63, 3.8) is 0 Å². The molecule has 2 aromatic rings. The molecule has 5 nitrogen and oxygen atoms in total. The van der Waals surface area contributed by atoms with E-state index in [2.05, 4.69) is 0 Å². The molecule has 140 valence electrons. The van der Waals surface area contributed by atoms with Crippen molar-refractivity contribution in [3.05, 3.63) is 59.7 Å². The van der Waals surface area contributed by atoms with E-state index in [4.69, 9.17) is 4.74 Å². The van der Waals surface area contributed by atoms with E-state index < -0.39 is 5.97 Å². The lowest BCUT2D eigenvalue weighted by Crippen LogP contribution is -2.54. The van der Waals surface area contributed by atoms with Crippen LogP contribution in [0, 0.1) is 0 Å². The number of fused-ring (bicyclic) bond motifs is 1. The Bertz CT molecular complexity index is 867. The van der Waals surface area contributed by atoms with Crippen LogP contribution in [0.1, 0.15) is 27.1 Å². The number of hydrogen-bond acceptors (Lipinski definition) is 4. The van der Waals surface area contributed by atoms with Crippen molar-refractivity contribution in [2.24, 2.45) is 0 Å². The minimum absolute atomic E-state index is 0.0250. The molecule has 0 spiro atoms. The molecule has 0 bridgehead atoms. The molecule has 0 aliphatic carbocycles. The topological polar surface area (TPSA) is 66.8 Å². The number of carbonyl (C=O) groups excluding carboxylic acids is 1. The summed E-state index contributed by atoms with van der Waals surface area (Å²) in [6, 6.07) is 14.3. The van der Waals surface area contributed by atoms with Gasteiger partial charge in [-0.05, 0) is 29.7 Å². The average Bonchev–Trinajstić information content (AvgIpc) is 2.73. The first kappa shape index (κ1) is 18.1. The van der Waals surface area contributed by atoms with Crippen LogP contribution in [0.3, 0.4) is 0 Å². The van der Waals surface area contributed by atoms with Gasteiger partial charge in [0.2, 0.25) is 0 Å². The second kappa shape index (κ2) is 7.74. The van der Waals surface area contributed by atoms with Gasteiger partial charge in [0.1, 0.15) is 0 Å². The van der Waals surface area contributed by atoms with Crippen LogP contribution in [0.25, 0.3) is 11.1 Å². The number of aromatic carboxylic acids is 1. The molecule has 2 saturated heterocycles. The molecule has 2 aliphatic rings. The second-order valence-electron chi connectivity index (χ2n) is 6.74. The number of rotatable bonds is 3. The highest BCUT2D eigenvalue weighted by Crippen LogP contribution is 2.33. The molecule has 2 unspecified atom stereocenters. The molecule has 2 fully saturated rings. The van der Waals surface area contributed by atoms with Crippen molar-refractivity contribution in [2.75, 3.05) is 25.5 Å². The fraction of sp³-hybridized carbons (Fsp3) is 0.333. The Morgan fingerprint density at radius 3 is 2.44 bits per heavy atom. The van der Waals surface area contributed by atoms with Gasteiger partial charge in [-0.3, -0.25) is 4.79 Å². The highest BCUT2D eigenvalue weighted by Gasteiger charge is 2.37. The lowest BCUT2D eigenvalue weighted by Gasteiger charge is -2.43. The van der Waals surface area contributed by atoms with E-state index in [1.165, 1.54) is 0 Å². The summed E-state index contributed by atoms with van der Waals surface area (Å²) < 4.78 is 5.58. The highest BCUT2D eigenvalue weighted by molar-refractivity contribution is 8.00. The molecule has 1 amide bonds. The maximum atomic E-state index is 13.5. The number of thioether (sulfide) groups is 1. The summed E-state index contributed by atoms with van der Waals surface area (Å²) in [5, 5.41) is 9.86. The van der Waals surface area contributed by atoms with Crippen LogP contribution < -0.4 is 0 Å². The lowest BCUT2D eigenvalue weighted by atomic mass is 9.94. The van der Waals surface area contributed by atoms with Gasteiger partial charge in [0.25, 0.3) is 5.91 Å². The molecular formula is C21H21NO4S. The number of carboxylic acid groups (broad SMARTS) is 1. The van der Waals surface area contributed by atoms with Crippen molar-refractivity contribution in [1.29, 1.82) is 0 Å². The number of carboxylic acids is 1. The Morgan fingerprint density at radius 2 is 1.70 bits per heavy atom. The summed E-state index contributed by atoms with van der Waals surface area (Å²) in [6.07, 6.45) is 0.845. The van der Waals surface area contributed by atoms with Crippen molar-refractivity contribution in [2.45, 2.75) is 17.7 Å². The second-order valence-corrected chi connectivity index (χ2v) is 8.08. The van der Waals surface area contributed by atoms with Gasteiger partial charge in [0.05, 0.1) is 12.2 Å². The fourth-order valence-corrected chi connectivity index (χ4v) is 5.20. The van der Waals surface area contributed by atoms with E-state index in [1.807, 2.05) is 34.9 Å². The molecule has 2 aromatic carbocycles. The zero-order chi connectivity index (χ0) is 18.8. The van der Waals surface area contributed by atoms with Gasteiger partial charge >= 0.3 is 5.97 Å². The van der Waals surface area contributed by atoms with Crippen molar-refractivity contribution in [1.82, 2.24) is 4.90 Å². The molecule has 2 aliphatic heterocycles. The van der Waals surface area contributed by atoms with Crippen LogP contribution in [0.5, 0.6) is 0 Å². The monoisotopic (exact) mass is 383 g/mol. The van der Waals surface area contributed by atoms with Crippen LogP contribution in [-0.2, 0) is 4.74 Å². The SMILES string of the molecule is O=C(O)c1ccccc1-c1ccccc1C(=O)N1CCSC2COCCC21. The third-order valence-corrected chi connectivity index (χ3v) is 6.50. The van der Waals surface area contributed by atoms with Gasteiger partial charge in [-0.2, -0.15) is 11.8 Å². The zero-order valence-electron chi connectivity index (χ0n) is 14.8. The summed E-state index contributed by atoms with van der Waals surface area (Å²) in [5.74, 6) is -0.126. The Hall–Kier alpha value is -2.31. The Kier molecular flexibility index (Phi) is 5.18. The van der Waals surface area contributed by atoms with Crippen LogP contribution >= 0.6 is 11.8 Å². The number of nitrogens with zero attached hydrogens (tertiary/aromatic N) is 1. The summed E-state index contributed by atoms with van der Waals surface area (Å²) >= 11 is 1.87. The largest absolute Gasteiger partial charge is 0.478 e. The van der Waals surface area contributed by atoms with E-state index in [0.29, 0.717) is 41.7 Å². The molecule has 27 heavy (non-hydrogen) atoms. The van der Waals surface area contributed by atoms with E-state index >= 15 is 0 Å². The predicted octanol–water partition coefficient (Wildman–Crippen LogP) is 3.40. The Balaban J connectivity index is 1.73. The van der Waals surface area contributed by atoms with E-state index in [0.717, 1.165) is 12.2 Å². The average molecular weight is 383 g/mol. The molecule has 0 radical (unpaired) electrons. The van der Waals surface area contributed by atoms with Crippen LogP contribution in [0.15, 0.2) is 48.5 Å². The molecule has 2 atom stereocenters. The zero-order valence-corrected chi connectivity index (χ0v) is 15.7. The Morgan fingerprint density at radius 1 is 1.04 bits per heavy atom. The molecule has 0 saturated carbocycles. The minimum atomic E-state index is -0.994. The lowest BCUT2D eigenvalue weighted by molar-refractivity contribution is 0.0319. The number of benzene rings is 2. The third kappa shape index (κ3) is 3.47. The molecule has 1 N–H and O–H groups in total. The van der Waals surface area contributed by atoms with Crippen molar-refractivity contribution in [3.8, 4) is 11.1 Å². The number of carbonyl (C=O) groups is 2. The predicted molar refractivity (Wildman–Crippen MR) is 105 cm³/mol. The van der Waals surface area contributed by atoms with Crippen LogP contribution in [0.2, 0.25) is 0 Å². The smallest absolute Gasteiger partial charge is 0.336 e. The van der Waals surface area contributed by atoms with Crippen molar-refractivity contribution < 1.29 is 19.4 Å². The van der Waals surface area contributed by atoms with Crippen molar-refractivity contribution >= 4 is 23.6 Å². The molecule has 6 heteroatoms. The van der Waals surface area contributed by atoms with Gasteiger partial charge in [-0.25, -0.2) is 4.79 Å². The first-order valence-electron chi connectivity index (χ1n) is 9.09. The minimum Gasteiger partial charge on any atom is -0.478 e. The van der Waals surface area contributed by atoms with Gasteiger partial charge in [0, 0.05) is 35.8 Å². The summed E-state index contributed by atoms with van der Waals surface area (Å²) in [4.78, 5) is 27.1. The fourth-order valence-electron chi connectivity index (χ4n) is 3.90. The first-order valence-corrected chi connectivity index (χ1v) is 10.1. The Labute approximate surface area is 162 Å². The summed E-state index contributed by atoms with van der Waals surface area (Å²) in [5.41, 5.74) is 2.01. The highest BCUT2D eigenvalue weighted by atomic mass is 32.2. The van der Waals surface area contributed by atoms with E-state index in [9.17, 15) is 14.7 Å². The molecule has 4 rings (SSSR count). The number of ether oxygens (including phenoxy) is 1. The summed E-state index contributed by atoms with van der Waals surface area (Å²) in [6.45, 7) is 2.07. The molecule has 2 heterocycles. The van der Waals surface area contributed by atoms with Gasteiger partial charge in [-0.1, -0.05) is 36.4 Å².